The van der Waals surface area contributed by atoms with E-state index in [1.54, 1.807) is 31.4 Å². The molecule has 0 saturated heterocycles. The van der Waals surface area contributed by atoms with E-state index in [9.17, 15) is 5.11 Å². The second-order valence-corrected chi connectivity index (χ2v) is 3.41. The van der Waals surface area contributed by atoms with Crippen LogP contribution in [0.25, 0.3) is 0 Å². The van der Waals surface area contributed by atoms with Crippen molar-refractivity contribution >= 4 is 5.96 Å². The molecule has 94 valence electrons. The smallest absolute Gasteiger partial charge is 0.186 e. The quantitative estimate of drug-likeness (QED) is 0.467. The zero-order valence-corrected chi connectivity index (χ0v) is 9.67. The highest BCUT2D eigenvalue weighted by Gasteiger charge is 2.04. The lowest BCUT2D eigenvalue weighted by Crippen LogP contribution is -2.27. The summed E-state index contributed by atoms with van der Waals surface area (Å²) in [5, 5.41) is 9.49. The number of aliphatic imine (C=N–C) groups is 1. The average molecular weight is 239 g/mol. The third-order valence-corrected chi connectivity index (χ3v) is 1.99. The standard InChI is InChI=1S/C11H17N3O3/c1-16-9-2-4-10(5-3-9)17-7-8(15)6-14-11(12)13/h2-5,8,15H,6-7H2,1H3,(H4,12,13,14). The van der Waals surface area contributed by atoms with Crippen LogP contribution in [-0.4, -0.2) is 37.4 Å². The molecular formula is C11H17N3O3. The second kappa shape index (κ2) is 6.59. The van der Waals surface area contributed by atoms with Gasteiger partial charge >= 0.3 is 0 Å². The lowest BCUT2D eigenvalue weighted by Gasteiger charge is -2.10. The van der Waals surface area contributed by atoms with Crippen molar-refractivity contribution in [1.82, 2.24) is 0 Å². The van der Waals surface area contributed by atoms with Gasteiger partial charge in [0.05, 0.1) is 13.7 Å². The number of hydrogen-bond acceptors (Lipinski definition) is 4. The summed E-state index contributed by atoms with van der Waals surface area (Å²) >= 11 is 0. The van der Waals surface area contributed by atoms with E-state index < -0.39 is 6.10 Å². The third kappa shape index (κ3) is 5.07. The fraction of sp³-hybridized carbons (Fsp3) is 0.364. The molecule has 1 unspecified atom stereocenters. The minimum absolute atomic E-state index is 0.0477. The molecule has 0 aliphatic heterocycles. The lowest BCUT2D eigenvalue weighted by atomic mass is 10.3. The van der Waals surface area contributed by atoms with Gasteiger partial charge in [-0.1, -0.05) is 0 Å². The van der Waals surface area contributed by atoms with Gasteiger partial charge in [0.15, 0.2) is 5.96 Å². The molecule has 1 aromatic rings. The van der Waals surface area contributed by atoms with Gasteiger partial charge in [-0.25, -0.2) is 0 Å². The van der Waals surface area contributed by atoms with Crippen LogP contribution in [0.5, 0.6) is 11.5 Å². The second-order valence-electron chi connectivity index (χ2n) is 3.41. The van der Waals surface area contributed by atoms with E-state index in [-0.39, 0.29) is 19.1 Å². The Balaban J connectivity index is 2.36. The van der Waals surface area contributed by atoms with Crippen LogP contribution in [0.15, 0.2) is 29.3 Å². The van der Waals surface area contributed by atoms with Crippen LogP contribution in [0, 0.1) is 0 Å². The molecule has 17 heavy (non-hydrogen) atoms. The van der Waals surface area contributed by atoms with E-state index in [0.29, 0.717) is 5.75 Å². The zero-order chi connectivity index (χ0) is 12.7. The number of ether oxygens (including phenoxy) is 2. The predicted molar refractivity (Wildman–Crippen MR) is 65.2 cm³/mol. The zero-order valence-electron chi connectivity index (χ0n) is 9.67. The Morgan fingerprint density at radius 3 is 2.41 bits per heavy atom. The largest absolute Gasteiger partial charge is 0.497 e. The number of nitrogens with two attached hydrogens (primary N) is 2. The normalized spacial score (nSPS) is 11.6. The molecule has 0 aliphatic rings. The Morgan fingerprint density at radius 1 is 1.29 bits per heavy atom. The highest BCUT2D eigenvalue weighted by Crippen LogP contribution is 2.16. The summed E-state index contributed by atoms with van der Waals surface area (Å²) in [5.41, 5.74) is 10.3. The van der Waals surface area contributed by atoms with Crippen molar-refractivity contribution in [2.45, 2.75) is 6.10 Å². The van der Waals surface area contributed by atoms with Gasteiger partial charge in [-0.3, -0.25) is 4.99 Å². The number of methoxy groups -OCH3 is 1. The molecule has 1 atom stereocenters. The molecule has 0 aliphatic carbocycles. The van der Waals surface area contributed by atoms with Crippen molar-refractivity contribution in [1.29, 1.82) is 0 Å². The first-order valence-electron chi connectivity index (χ1n) is 5.12. The molecule has 6 heteroatoms. The third-order valence-electron chi connectivity index (χ3n) is 1.99. The fourth-order valence-corrected chi connectivity index (χ4v) is 1.13. The van der Waals surface area contributed by atoms with E-state index in [0.717, 1.165) is 5.75 Å². The van der Waals surface area contributed by atoms with Crippen LogP contribution in [0.1, 0.15) is 0 Å². The molecule has 1 rings (SSSR count). The van der Waals surface area contributed by atoms with Gasteiger partial charge in [0.1, 0.15) is 24.2 Å². The van der Waals surface area contributed by atoms with Crippen molar-refractivity contribution in [3.05, 3.63) is 24.3 Å². The summed E-state index contributed by atoms with van der Waals surface area (Å²) in [7, 11) is 1.59. The van der Waals surface area contributed by atoms with E-state index in [4.69, 9.17) is 20.9 Å². The van der Waals surface area contributed by atoms with Crippen molar-refractivity contribution in [3.63, 3.8) is 0 Å². The van der Waals surface area contributed by atoms with Gasteiger partial charge < -0.3 is 26.0 Å². The molecule has 0 amide bonds. The minimum atomic E-state index is -0.737. The number of aliphatic hydroxyl groups is 1. The van der Waals surface area contributed by atoms with Crippen molar-refractivity contribution < 1.29 is 14.6 Å². The number of nitrogens with zero attached hydrogens (tertiary/aromatic N) is 1. The lowest BCUT2D eigenvalue weighted by molar-refractivity contribution is 0.114. The Hall–Kier alpha value is -1.95. The van der Waals surface area contributed by atoms with Crippen LogP contribution in [-0.2, 0) is 0 Å². The maximum atomic E-state index is 9.49. The van der Waals surface area contributed by atoms with E-state index in [1.807, 2.05) is 0 Å². The molecule has 0 saturated carbocycles. The first-order valence-corrected chi connectivity index (χ1v) is 5.12. The highest BCUT2D eigenvalue weighted by molar-refractivity contribution is 5.75. The van der Waals surface area contributed by atoms with Crippen LogP contribution >= 0.6 is 0 Å². The molecular weight excluding hydrogens is 222 g/mol. The molecule has 0 heterocycles. The van der Waals surface area contributed by atoms with E-state index in [2.05, 4.69) is 4.99 Å². The Bertz CT molecular complexity index is 361. The van der Waals surface area contributed by atoms with Crippen LogP contribution in [0.2, 0.25) is 0 Å². The van der Waals surface area contributed by atoms with E-state index in [1.165, 1.54) is 0 Å². The number of benzene rings is 1. The number of hydrogen-bond donors (Lipinski definition) is 3. The van der Waals surface area contributed by atoms with Gasteiger partial charge in [-0.2, -0.15) is 0 Å². The molecule has 5 N–H and O–H groups in total. The Labute approximate surface area is 99.9 Å². The minimum Gasteiger partial charge on any atom is -0.497 e. The summed E-state index contributed by atoms with van der Waals surface area (Å²) in [6.07, 6.45) is -0.737. The van der Waals surface area contributed by atoms with Crippen LogP contribution in [0.3, 0.4) is 0 Å². The molecule has 0 radical (unpaired) electrons. The Kier molecular flexibility index (Phi) is 5.09. The van der Waals surface area contributed by atoms with Crippen molar-refractivity contribution in [2.24, 2.45) is 16.5 Å². The summed E-state index contributed by atoms with van der Waals surface area (Å²) < 4.78 is 10.4. The average Bonchev–Trinajstić information content (AvgIpc) is 2.34. The van der Waals surface area contributed by atoms with Crippen LogP contribution in [0.4, 0.5) is 0 Å². The summed E-state index contributed by atoms with van der Waals surface area (Å²) in [6, 6.07) is 7.06. The first-order chi connectivity index (χ1) is 8.11. The summed E-state index contributed by atoms with van der Waals surface area (Å²) in [4.78, 5) is 3.69. The fourth-order valence-electron chi connectivity index (χ4n) is 1.13. The molecule has 0 bridgehead atoms. The number of rotatable bonds is 6. The van der Waals surface area contributed by atoms with Gasteiger partial charge in [-0.05, 0) is 24.3 Å². The molecule has 6 nitrogen and oxygen atoms in total. The molecule has 0 fully saturated rings. The van der Waals surface area contributed by atoms with Crippen LogP contribution < -0.4 is 20.9 Å². The van der Waals surface area contributed by atoms with Gasteiger partial charge in [0, 0.05) is 0 Å². The number of aliphatic hydroxyl groups excluding tert-OH is 1. The monoisotopic (exact) mass is 239 g/mol. The van der Waals surface area contributed by atoms with Crippen molar-refractivity contribution in [2.75, 3.05) is 20.3 Å². The molecule has 0 spiro atoms. The van der Waals surface area contributed by atoms with Crippen molar-refractivity contribution in [3.8, 4) is 11.5 Å². The topological polar surface area (TPSA) is 103 Å². The maximum absolute atomic E-state index is 9.49. The first kappa shape index (κ1) is 13.1. The molecule has 0 aromatic heterocycles. The Morgan fingerprint density at radius 2 is 1.88 bits per heavy atom. The van der Waals surface area contributed by atoms with Gasteiger partial charge in [0.25, 0.3) is 0 Å². The van der Waals surface area contributed by atoms with Gasteiger partial charge in [0.2, 0.25) is 0 Å². The van der Waals surface area contributed by atoms with Gasteiger partial charge in [-0.15, -0.1) is 0 Å². The number of guanidine groups is 1. The molecule has 1 aromatic carbocycles. The van der Waals surface area contributed by atoms with E-state index >= 15 is 0 Å². The maximum Gasteiger partial charge on any atom is 0.186 e. The highest BCUT2D eigenvalue weighted by atomic mass is 16.5. The predicted octanol–water partition coefficient (Wildman–Crippen LogP) is -0.292. The summed E-state index contributed by atoms with van der Waals surface area (Å²) in [6.45, 7) is 0.252. The summed E-state index contributed by atoms with van der Waals surface area (Å²) in [5.74, 6) is 1.35. The SMILES string of the molecule is COc1ccc(OCC(O)CN=C(N)N)cc1.